The molecule has 3 nitrogen and oxygen atoms in total. The van der Waals surface area contributed by atoms with Crippen molar-refractivity contribution < 1.29 is 9.53 Å². The van der Waals surface area contributed by atoms with Crippen LogP contribution in [0.3, 0.4) is 0 Å². The number of aryl methyl sites for hydroxylation is 3. The Labute approximate surface area is 149 Å². The Balaban J connectivity index is 1.46. The van der Waals surface area contributed by atoms with Gasteiger partial charge in [0.1, 0.15) is 11.4 Å². The van der Waals surface area contributed by atoms with Crippen molar-refractivity contribution in [2.45, 2.75) is 45.1 Å². The number of hydrogen-bond acceptors (Lipinski definition) is 2. The molecular formula is C22H25NO2. The molecule has 1 spiro atoms. The van der Waals surface area contributed by atoms with Gasteiger partial charge in [0, 0.05) is 31.5 Å². The van der Waals surface area contributed by atoms with E-state index in [1.54, 1.807) is 0 Å². The van der Waals surface area contributed by atoms with E-state index in [0.29, 0.717) is 0 Å². The first-order chi connectivity index (χ1) is 12.0. The minimum atomic E-state index is -0.0896. The van der Waals surface area contributed by atoms with Crippen molar-refractivity contribution in [3.63, 3.8) is 0 Å². The van der Waals surface area contributed by atoms with Crippen LogP contribution in [0.1, 0.15) is 46.3 Å². The van der Waals surface area contributed by atoms with Gasteiger partial charge in [-0.1, -0.05) is 35.4 Å². The molecular weight excluding hydrogens is 310 g/mol. The number of ether oxygens (including phenoxy) is 1. The van der Waals surface area contributed by atoms with Crippen LogP contribution >= 0.6 is 0 Å². The number of carbonyl (C=O) groups is 1. The van der Waals surface area contributed by atoms with Crippen molar-refractivity contribution in [3.8, 4) is 5.75 Å². The number of likely N-dealkylation sites (tertiary alicyclic amines) is 1. The fraction of sp³-hybridized carbons (Fsp3) is 0.409. The van der Waals surface area contributed by atoms with E-state index in [9.17, 15) is 4.79 Å². The Morgan fingerprint density at radius 2 is 1.68 bits per heavy atom. The molecule has 0 radical (unpaired) electrons. The monoisotopic (exact) mass is 335 g/mol. The predicted molar refractivity (Wildman–Crippen MR) is 99.2 cm³/mol. The minimum absolute atomic E-state index is 0.0896. The van der Waals surface area contributed by atoms with E-state index in [2.05, 4.69) is 24.3 Å². The second kappa shape index (κ2) is 6.21. The molecule has 0 atom stereocenters. The van der Waals surface area contributed by atoms with Crippen LogP contribution in [0.5, 0.6) is 5.75 Å². The van der Waals surface area contributed by atoms with Gasteiger partial charge in [-0.25, -0.2) is 0 Å². The van der Waals surface area contributed by atoms with Gasteiger partial charge in [0.05, 0.1) is 0 Å². The van der Waals surface area contributed by atoms with Crippen LogP contribution in [-0.2, 0) is 6.42 Å². The first kappa shape index (κ1) is 16.2. The van der Waals surface area contributed by atoms with Crippen molar-refractivity contribution in [3.05, 3.63) is 64.7 Å². The normalized spacial score (nSPS) is 18.6. The lowest BCUT2D eigenvalue weighted by molar-refractivity contribution is -0.0106. The number of carbonyl (C=O) groups excluding carboxylic acids is 1. The number of benzene rings is 2. The summed E-state index contributed by atoms with van der Waals surface area (Å²) in [5.74, 6) is 1.18. The zero-order valence-corrected chi connectivity index (χ0v) is 15.0. The Kier molecular flexibility index (Phi) is 4.03. The van der Waals surface area contributed by atoms with E-state index in [0.717, 1.165) is 61.2 Å². The van der Waals surface area contributed by atoms with E-state index >= 15 is 0 Å². The molecule has 130 valence electrons. The molecule has 1 amide bonds. The standard InChI is InChI=1S/C22H25NO2/c1-16-13-17(2)15-19(14-16)21(24)23-11-9-22(10-12-23)8-7-18-5-3-4-6-20(18)25-22/h3-6,13-15H,7-12H2,1-2H3. The molecule has 2 heterocycles. The van der Waals surface area contributed by atoms with Gasteiger partial charge in [-0.15, -0.1) is 0 Å². The lowest BCUT2D eigenvalue weighted by Gasteiger charge is -2.44. The highest BCUT2D eigenvalue weighted by Gasteiger charge is 2.40. The minimum Gasteiger partial charge on any atom is -0.487 e. The van der Waals surface area contributed by atoms with Crippen LogP contribution in [0.15, 0.2) is 42.5 Å². The van der Waals surface area contributed by atoms with Crippen LogP contribution in [0.4, 0.5) is 0 Å². The number of amides is 1. The first-order valence-corrected chi connectivity index (χ1v) is 9.19. The highest BCUT2D eigenvalue weighted by atomic mass is 16.5. The van der Waals surface area contributed by atoms with Gasteiger partial charge in [0.2, 0.25) is 0 Å². The maximum atomic E-state index is 12.9. The third-order valence-corrected chi connectivity index (χ3v) is 5.58. The smallest absolute Gasteiger partial charge is 0.253 e. The summed E-state index contributed by atoms with van der Waals surface area (Å²) in [5, 5.41) is 0. The van der Waals surface area contributed by atoms with E-state index in [1.807, 2.05) is 36.9 Å². The zero-order chi connectivity index (χ0) is 17.4. The molecule has 4 rings (SSSR count). The SMILES string of the molecule is Cc1cc(C)cc(C(=O)N2CCC3(CCc4ccccc4O3)CC2)c1. The Hall–Kier alpha value is -2.29. The van der Waals surface area contributed by atoms with Crippen LogP contribution in [-0.4, -0.2) is 29.5 Å². The fourth-order valence-electron chi connectivity index (χ4n) is 4.21. The summed E-state index contributed by atoms with van der Waals surface area (Å²) in [7, 11) is 0. The molecule has 0 unspecified atom stereocenters. The second-order valence-electron chi connectivity index (χ2n) is 7.56. The molecule has 2 aromatic carbocycles. The highest BCUT2D eigenvalue weighted by molar-refractivity contribution is 5.94. The van der Waals surface area contributed by atoms with Gasteiger partial charge in [-0.3, -0.25) is 4.79 Å². The van der Waals surface area contributed by atoms with Gasteiger partial charge >= 0.3 is 0 Å². The molecule has 2 aliphatic rings. The van der Waals surface area contributed by atoms with E-state index in [-0.39, 0.29) is 11.5 Å². The summed E-state index contributed by atoms with van der Waals surface area (Å²) in [6.07, 6.45) is 3.95. The van der Waals surface area contributed by atoms with Crippen molar-refractivity contribution in [2.75, 3.05) is 13.1 Å². The van der Waals surface area contributed by atoms with Gasteiger partial charge in [0.15, 0.2) is 0 Å². The Morgan fingerprint density at radius 3 is 2.40 bits per heavy atom. The quantitative estimate of drug-likeness (QED) is 0.777. The molecule has 1 saturated heterocycles. The molecule has 25 heavy (non-hydrogen) atoms. The second-order valence-corrected chi connectivity index (χ2v) is 7.56. The largest absolute Gasteiger partial charge is 0.487 e. The highest BCUT2D eigenvalue weighted by Crippen LogP contribution is 2.39. The van der Waals surface area contributed by atoms with Crippen molar-refractivity contribution in [1.82, 2.24) is 4.90 Å². The molecule has 0 aliphatic carbocycles. The third kappa shape index (κ3) is 3.15. The average molecular weight is 335 g/mol. The lowest BCUT2D eigenvalue weighted by Crippen LogP contribution is -2.51. The number of para-hydroxylation sites is 1. The predicted octanol–water partition coefficient (Wildman–Crippen LogP) is 4.30. The van der Waals surface area contributed by atoms with Crippen molar-refractivity contribution >= 4 is 5.91 Å². The van der Waals surface area contributed by atoms with E-state index < -0.39 is 0 Å². The average Bonchev–Trinajstić information content (AvgIpc) is 2.61. The molecule has 0 N–H and O–H groups in total. The number of piperidine rings is 1. The topological polar surface area (TPSA) is 29.5 Å². The van der Waals surface area contributed by atoms with Crippen LogP contribution in [0, 0.1) is 13.8 Å². The third-order valence-electron chi connectivity index (χ3n) is 5.58. The van der Waals surface area contributed by atoms with Crippen molar-refractivity contribution in [1.29, 1.82) is 0 Å². The molecule has 0 saturated carbocycles. The lowest BCUT2D eigenvalue weighted by atomic mass is 9.83. The maximum absolute atomic E-state index is 12.9. The first-order valence-electron chi connectivity index (χ1n) is 9.19. The summed E-state index contributed by atoms with van der Waals surface area (Å²) in [4.78, 5) is 14.8. The summed E-state index contributed by atoms with van der Waals surface area (Å²) in [6, 6.07) is 14.4. The summed E-state index contributed by atoms with van der Waals surface area (Å²) in [5.41, 5.74) is 4.31. The van der Waals surface area contributed by atoms with Gasteiger partial charge in [-0.05, 0) is 50.5 Å². The van der Waals surface area contributed by atoms with Gasteiger partial charge < -0.3 is 9.64 Å². The molecule has 3 heteroatoms. The Bertz CT molecular complexity index is 783. The summed E-state index contributed by atoms with van der Waals surface area (Å²) >= 11 is 0. The maximum Gasteiger partial charge on any atom is 0.253 e. The molecule has 2 aliphatic heterocycles. The summed E-state index contributed by atoms with van der Waals surface area (Å²) < 4.78 is 6.39. The number of fused-ring (bicyclic) bond motifs is 1. The number of hydrogen-bond donors (Lipinski definition) is 0. The molecule has 0 aromatic heterocycles. The van der Waals surface area contributed by atoms with Crippen LogP contribution in [0.2, 0.25) is 0 Å². The van der Waals surface area contributed by atoms with Crippen LogP contribution in [0.25, 0.3) is 0 Å². The number of nitrogens with zero attached hydrogens (tertiary/aromatic N) is 1. The van der Waals surface area contributed by atoms with E-state index in [4.69, 9.17) is 4.74 Å². The van der Waals surface area contributed by atoms with Crippen molar-refractivity contribution in [2.24, 2.45) is 0 Å². The number of rotatable bonds is 1. The van der Waals surface area contributed by atoms with E-state index in [1.165, 1.54) is 5.56 Å². The van der Waals surface area contributed by atoms with Gasteiger partial charge in [-0.2, -0.15) is 0 Å². The summed E-state index contributed by atoms with van der Waals surface area (Å²) in [6.45, 7) is 5.63. The molecule has 2 aromatic rings. The zero-order valence-electron chi connectivity index (χ0n) is 15.0. The molecule has 0 bridgehead atoms. The van der Waals surface area contributed by atoms with Gasteiger partial charge in [0.25, 0.3) is 5.91 Å². The fourth-order valence-corrected chi connectivity index (χ4v) is 4.21. The molecule has 1 fully saturated rings. The van der Waals surface area contributed by atoms with Crippen LogP contribution < -0.4 is 4.74 Å². The Morgan fingerprint density at radius 1 is 1.00 bits per heavy atom.